The molecule has 28 heavy (non-hydrogen) atoms. The van der Waals surface area contributed by atoms with Gasteiger partial charge in [0.2, 0.25) is 0 Å². The third kappa shape index (κ3) is 1.48. The third-order valence-electron chi connectivity index (χ3n) is 9.78. The van der Waals surface area contributed by atoms with Gasteiger partial charge in [-0.3, -0.25) is 0 Å². The molecule has 1 saturated heterocycles. The highest BCUT2D eigenvalue weighted by Gasteiger charge is 2.82. The quantitative estimate of drug-likeness (QED) is 0.866. The first-order chi connectivity index (χ1) is 13.5. The number of rotatable bonds is 3. The summed E-state index contributed by atoms with van der Waals surface area (Å²) in [5.74, 6) is 2.27. The van der Waals surface area contributed by atoms with E-state index in [2.05, 4.69) is 31.0 Å². The summed E-state index contributed by atoms with van der Waals surface area (Å²) < 4.78 is 18.9. The fraction of sp³-hybridized carbons (Fsp3) is 0.739. The van der Waals surface area contributed by atoms with E-state index in [0.29, 0.717) is 12.0 Å². The normalized spacial score (nSPS) is 47.6. The molecule has 0 amide bonds. The van der Waals surface area contributed by atoms with Crippen molar-refractivity contribution in [3.05, 3.63) is 23.3 Å². The lowest BCUT2D eigenvalue weighted by atomic mass is 9.32. The summed E-state index contributed by atoms with van der Waals surface area (Å²) in [7, 11) is 5.85. The van der Waals surface area contributed by atoms with Crippen molar-refractivity contribution in [3.8, 4) is 11.5 Å². The topological polar surface area (TPSA) is 51.2 Å². The van der Waals surface area contributed by atoms with Crippen LogP contribution in [0.4, 0.5) is 0 Å². The molecule has 2 spiro atoms. The Hall–Kier alpha value is -1.30. The number of methoxy groups -OCH3 is 2. The van der Waals surface area contributed by atoms with E-state index >= 15 is 0 Å². The first kappa shape index (κ1) is 17.5. The number of nitrogens with zero attached hydrogens (tertiary/aromatic N) is 1. The van der Waals surface area contributed by atoms with E-state index in [1.165, 1.54) is 11.1 Å². The molecule has 1 aromatic rings. The molecule has 0 unspecified atom stereocenters. The minimum atomic E-state index is -0.435. The zero-order valence-corrected chi connectivity index (χ0v) is 17.3. The SMILES string of the molecule is COc1ccc2c3c1O[C@H]1[C@@]4(OC)CC[C@@]5([C@@H](C)[C@@H]4CO)[C@@H](C2)N(C)CC[C@]315. The molecule has 4 bridgehead atoms. The molecule has 2 aliphatic heterocycles. The van der Waals surface area contributed by atoms with Gasteiger partial charge in [-0.1, -0.05) is 13.0 Å². The number of likely N-dealkylation sites (N-methyl/N-ethyl adjacent to an activating group) is 1. The number of piperidine rings is 1. The van der Waals surface area contributed by atoms with Crippen LogP contribution in [0.2, 0.25) is 0 Å². The van der Waals surface area contributed by atoms with E-state index in [0.717, 1.165) is 43.7 Å². The van der Waals surface area contributed by atoms with E-state index in [1.54, 1.807) is 7.11 Å². The molecule has 7 atom stereocenters. The van der Waals surface area contributed by atoms with Gasteiger partial charge in [0.15, 0.2) is 11.5 Å². The van der Waals surface area contributed by atoms with Crippen molar-refractivity contribution in [3.63, 3.8) is 0 Å². The number of hydrogen-bond acceptors (Lipinski definition) is 5. The van der Waals surface area contributed by atoms with Gasteiger partial charge in [-0.25, -0.2) is 0 Å². The maximum atomic E-state index is 10.5. The molecule has 2 heterocycles. The van der Waals surface area contributed by atoms with Gasteiger partial charge in [0.1, 0.15) is 11.7 Å². The number of ether oxygens (including phenoxy) is 3. The Morgan fingerprint density at radius 1 is 1.25 bits per heavy atom. The van der Waals surface area contributed by atoms with E-state index in [4.69, 9.17) is 14.2 Å². The van der Waals surface area contributed by atoms with Gasteiger partial charge >= 0.3 is 0 Å². The standard InChI is InChI=1S/C23H31NO4/c1-13-15(12-25)23(27-4)8-7-21(13)17-11-14-5-6-16(26-3)19-18(14)22(21,20(23)28-19)9-10-24(17)2/h5-6,13,15,17,20,25H,7-12H2,1-4H3/t13-,15-,17+,20+,21+,22-,23+/m0/s1. The van der Waals surface area contributed by atoms with Gasteiger partial charge in [0, 0.05) is 42.1 Å². The van der Waals surface area contributed by atoms with Crippen LogP contribution >= 0.6 is 0 Å². The highest BCUT2D eigenvalue weighted by molar-refractivity contribution is 5.63. The van der Waals surface area contributed by atoms with E-state index in [1.807, 2.05) is 7.11 Å². The zero-order valence-electron chi connectivity index (χ0n) is 17.3. The van der Waals surface area contributed by atoms with Crippen LogP contribution in [0.5, 0.6) is 11.5 Å². The average Bonchev–Trinajstić information content (AvgIpc) is 3.08. The zero-order chi connectivity index (χ0) is 19.5. The van der Waals surface area contributed by atoms with Crippen LogP contribution in [-0.4, -0.2) is 62.2 Å². The van der Waals surface area contributed by atoms with Crippen molar-refractivity contribution in [2.75, 3.05) is 34.4 Å². The second-order valence-electron chi connectivity index (χ2n) is 9.83. The Morgan fingerprint density at radius 2 is 2.07 bits per heavy atom. The van der Waals surface area contributed by atoms with Crippen molar-refractivity contribution in [2.24, 2.45) is 17.3 Å². The molecule has 5 nitrogen and oxygen atoms in total. The van der Waals surface area contributed by atoms with Crippen molar-refractivity contribution >= 4 is 0 Å². The van der Waals surface area contributed by atoms with E-state index in [-0.39, 0.29) is 29.5 Å². The first-order valence-electron chi connectivity index (χ1n) is 10.7. The summed E-state index contributed by atoms with van der Waals surface area (Å²) in [6, 6.07) is 4.82. The second kappa shape index (κ2) is 5.24. The summed E-state index contributed by atoms with van der Waals surface area (Å²) in [6.07, 6.45) is 4.20. The number of benzene rings is 1. The van der Waals surface area contributed by atoms with Gasteiger partial charge in [-0.05, 0) is 56.8 Å². The minimum Gasteiger partial charge on any atom is -0.493 e. The summed E-state index contributed by atoms with van der Waals surface area (Å²) >= 11 is 0. The summed E-state index contributed by atoms with van der Waals surface area (Å²) in [5.41, 5.74) is 2.47. The number of aliphatic hydroxyl groups excluding tert-OH is 1. The minimum absolute atomic E-state index is 0.0407. The number of fused-ring (bicyclic) bond motifs is 2. The Kier molecular flexibility index (Phi) is 3.28. The molecule has 0 radical (unpaired) electrons. The number of hydrogen-bond donors (Lipinski definition) is 1. The van der Waals surface area contributed by atoms with Gasteiger partial charge < -0.3 is 24.2 Å². The van der Waals surface area contributed by atoms with Crippen molar-refractivity contribution < 1.29 is 19.3 Å². The second-order valence-corrected chi connectivity index (χ2v) is 9.83. The molecular formula is C23H31NO4. The molecule has 4 fully saturated rings. The molecule has 7 rings (SSSR count). The molecular weight excluding hydrogens is 354 g/mol. The van der Waals surface area contributed by atoms with Gasteiger partial charge in [0.25, 0.3) is 0 Å². The lowest BCUT2D eigenvalue weighted by molar-refractivity contribution is -0.304. The molecule has 5 heteroatoms. The molecule has 6 aliphatic rings. The highest BCUT2D eigenvalue weighted by Crippen LogP contribution is 2.77. The monoisotopic (exact) mass is 385 g/mol. The Balaban J connectivity index is 1.72. The molecule has 152 valence electrons. The predicted octanol–water partition coefficient (Wildman–Crippen LogP) is 2.38. The van der Waals surface area contributed by atoms with Crippen LogP contribution in [-0.2, 0) is 16.6 Å². The number of likely N-dealkylation sites (tertiary alicyclic amines) is 1. The van der Waals surface area contributed by atoms with Crippen LogP contribution in [0, 0.1) is 17.3 Å². The molecule has 1 N–H and O–H groups in total. The molecule has 1 aromatic carbocycles. The van der Waals surface area contributed by atoms with Gasteiger partial charge in [0.05, 0.1) is 7.11 Å². The van der Waals surface area contributed by atoms with Crippen LogP contribution in [0.25, 0.3) is 0 Å². The molecule has 3 saturated carbocycles. The van der Waals surface area contributed by atoms with Gasteiger partial charge in [-0.2, -0.15) is 0 Å². The lowest BCUT2D eigenvalue weighted by Crippen LogP contribution is -2.83. The Bertz CT molecular complexity index is 857. The summed E-state index contributed by atoms with van der Waals surface area (Å²) in [4.78, 5) is 2.59. The predicted molar refractivity (Wildman–Crippen MR) is 105 cm³/mol. The summed E-state index contributed by atoms with van der Waals surface area (Å²) in [5, 5.41) is 10.5. The third-order valence-corrected chi connectivity index (χ3v) is 9.78. The maximum absolute atomic E-state index is 10.5. The fourth-order valence-corrected chi connectivity index (χ4v) is 8.81. The first-order valence-corrected chi connectivity index (χ1v) is 10.7. The van der Waals surface area contributed by atoms with E-state index < -0.39 is 5.60 Å². The smallest absolute Gasteiger partial charge is 0.165 e. The van der Waals surface area contributed by atoms with Crippen LogP contribution < -0.4 is 9.47 Å². The maximum Gasteiger partial charge on any atom is 0.165 e. The average molecular weight is 386 g/mol. The fourth-order valence-electron chi connectivity index (χ4n) is 8.81. The molecule has 0 aromatic heterocycles. The Labute approximate surface area is 167 Å². The van der Waals surface area contributed by atoms with Crippen LogP contribution in [0.15, 0.2) is 12.1 Å². The number of aliphatic hydroxyl groups is 1. The van der Waals surface area contributed by atoms with Crippen LogP contribution in [0.1, 0.15) is 37.3 Å². The lowest BCUT2D eigenvalue weighted by Gasteiger charge is -2.76. The Morgan fingerprint density at radius 3 is 2.79 bits per heavy atom. The molecule has 4 aliphatic carbocycles. The van der Waals surface area contributed by atoms with Crippen molar-refractivity contribution in [2.45, 2.75) is 55.8 Å². The summed E-state index contributed by atoms with van der Waals surface area (Å²) in [6.45, 7) is 3.61. The van der Waals surface area contributed by atoms with Crippen molar-refractivity contribution in [1.82, 2.24) is 4.90 Å². The largest absolute Gasteiger partial charge is 0.493 e. The van der Waals surface area contributed by atoms with Gasteiger partial charge in [-0.15, -0.1) is 0 Å². The van der Waals surface area contributed by atoms with Crippen LogP contribution in [0.3, 0.4) is 0 Å². The van der Waals surface area contributed by atoms with E-state index in [9.17, 15) is 5.11 Å². The van der Waals surface area contributed by atoms with Crippen molar-refractivity contribution in [1.29, 1.82) is 0 Å². The highest BCUT2D eigenvalue weighted by atomic mass is 16.6.